The summed E-state index contributed by atoms with van der Waals surface area (Å²) in [5, 5.41) is 6.04. The molecule has 0 atom stereocenters. The molecule has 0 saturated carbocycles. The maximum Gasteiger partial charge on any atom is 0.259 e. The first-order valence-corrected chi connectivity index (χ1v) is 9.28. The average molecular weight is 397 g/mol. The highest BCUT2D eigenvalue weighted by Gasteiger charge is 2.11. The highest BCUT2D eigenvalue weighted by atomic mass is 16.5. The highest BCUT2D eigenvalue weighted by molar-refractivity contribution is 6.06. The van der Waals surface area contributed by atoms with E-state index >= 15 is 0 Å². The van der Waals surface area contributed by atoms with Gasteiger partial charge in [0.2, 0.25) is 5.95 Å². The number of pyridine rings is 1. The Morgan fingerprint density at radius 3 is 2.47 bits per heavy atom. The molecule has 4 aromatic rings. The van der Waals surface area contributed by atoms with E-state index in [1.165, 1.54) is 7.11 Å². The minimum absolute atomic E-state index is 0.235. The Labute approximate surface area is 173 Å². The molecule has 0 fully saturated rings. The Bertz CT molecular complexity index is 1150. The van der Waals surface area contributed by atoms with Gasteiger partial charge in [-0.2, -0.15) is 0 Å². The van der Waals surface area contributed by atoms with Crippen LogP contribution in [0.3, 0.4) is 0 Å². The summed E-state index contributed by atoms with van der Waals surface area (Å²) in [4.78, 5) is 25.4. The number of carbonyl (C=O) groups excluding carboxylic acids is 1. The Kier molecular flexibility index (Phi) is 5.61. The second kappa shape index (κ2) is 8.83. The number of rotatable bonds is 6. The van der Waals surface area contributed by atoms with Crippen molar-refractivity contribution in [3.63, 3.8) is 0 Å². The topological polar surface area (TPSA) is 89.0 Å². The lowest BCUT2D eigenvalue weighted by molar-refractivity contribution is 0.102. The van der Waals surface area contributed by atoms with E-state index in [1.807, 2.05) is 36.4 Å². The van der Waals surface area contributed by atoms with Gasteiger partial charge in [0.15, 0.2) is 0 Å². The molecule has 2 aromatic heterocycles. The molecule has 2 aromatic carbocycles. The summed E-state index contributed by atoms with van der Waals surface area (Å²) in [6.07, 6.45) is 5.17. The number of ether oxygens (including phenoxy) is 1. The zero-order valence-electron chi connectivity index (χ0n) is 16.2. The summed E-state index contributed by atoms with van der Waals surface area (Å²) < 4.78 is 5.24. The first-order valence-electron chi connectivity index (χ1n) is 9.28. The van der Waals surface area contributed by atoms with Crippen LogP contribution in [0.4, 0.5) is 17.3 Å². The number of nitrogens with one attached hydrogen (secondary N) is 2. The Morgan fingerprint density at radius 1 is 0.900 bits per heavy atom. The number of hydrogen-bond acceptors (Lipinski definition) is 6. The first-order chi connectivity index (χ1) is 14.7. The maximum atomic E-state index is 12.5. The standard InChI is InChI=1S/C23H19N5O2/c1-30-21-7-3-2-6-19(21)22(29)26-17-8-10-18(11-9-17)27-23-25-14-12-20(28-23)16-5-4-13-24-15-16/h2-15H,1H3,(H,26,29)(H,25,27,28). The molecule has 7 heteroatoms. The molecule has 30 heavy (non-hydrogen) atoms. The summed E-state index contributed by atoms with van der Waals surface area (Å²) in [5.41, 5.74) is 3.64. The molecule has 0 saturated heterocycles. The third-order valence-corrected chi connectivity index (χ3v) is 4.36. The molecule has 0 bridgehead atoms. The third-order valence-electron chi connectivity index (χ3n) is 4.36. The lowest BCUT2D eigenvalue weighted by Gasteiger charge is -2.10. The summed E-state index contributed by atoms with van der Waals surface area (Å²) in [5.74, 6) is 0.766. The number of para-hydroxylation sites is 1. The SMILES string of the molecule is COc1ccccc1C(=O)Nc1ccc(Nc2nccc(-c3cccnc3)n2)cc1. The molecule has 4 rings (SSSR count). The molecule has 0 aliphatic heterocycles. The number of nitrogens with zero attached hydrogens (tertiary/aromatic N) is 3. The van der Waals surface area contributed by atoms with Gasteiger partial charge in [-0.15, -0.1) is 0 Å². The predicted octanol–water partition coefficient (Wildman–Crippen LogP) is 4.54. The number of anilines is 3. The fraction of sp³-hybridized carbons (Fsp3) is 0.0435. The molecule has 2 N–H and O–H groups in total. The van der Waals surface area contributed by atoms with Crippen molar-refractivity contribution >= 4 is 23.2 Å². The van der Waals surface area contributed by atoms with Crippen LogP contribution in [0.5, 0.6) is 5.75 Å². The van der Waals surface area contributed by atoms with Crippen LogP contribution in [0, 0.1) is 0 Å². The molecule has 1 amide bonds. The second-order valence-corrected chi connectivity index (χ2v) is 6.36. The fourth-order valence-electron chi connectivity index (χ4n) is 2.89. The van der Waals surface area contributed by atoms with E-state index in [4.69, 9.17) is 4.74 Å². The van der Waals surface area contributed by atoms with Gasteiger partial charge in [0, 0.05) is 35.5 Å². The van der Waals surface area contributed by atoms with E-state index in [0.717, 1.165) is 16.9 Å². The molecular weight excluding hydrogens is 378 g/mol. The minimum atomic E-state index is -0.235. The maximum absolute atomic E-state index is 12.5. The monoisotopic (exact) mass is 397 g/mol. The summed E-state index contributed by atoms with van der Waals surface area (Å²) >= 11 is 0. The van der Waals surface area contributed by atoms with Crippen molar-refractivity contribution in [2.75, 3.05) is 17.7 Å². The van der Waals surface area contributed by atoms with Crippen LogP contribution in [0.1, 0.15) is 10.4 Å². The fourth-order valence-corrected chi connectivity index (χ4v) is 2.89. The first kappa shape index (κ1) is 19.1. The molecule has 0 aliphatic carbocycles. The summed E-state index contributed by atoms with van der Waals surface area (Å²) in [7, 11) is 1.54. The Morgan fingerprint density at radius 2 is 1.70 bits per heavy atom. The number of hydrogen-bond donors (Lipinski definition) is 2. The zero-order chi connectivity index (χ0) is 20.8. The van der Waals surface area contributed by atoms with Crippen LogP contribution in [0.15, 0.2) is 85.3 Å². The van der Waals surface area contributed by atoms with Gasteiger partial charge in [0.05, 0.1) is 18.4 Å². The largest absolute Gasteiger partial charge is 0.496 e. The van der Waals surface area contributed by atoms with Gasteiger partial charge in [-0.3, -0.25) is 9.78 Å². The molecule has 0 radical (unpaired) electrons. The Hall–Kier alpha value is -4.26. The number of amides is 1. The van der Waals surface area contributed by atoms with Crippen molar-refractivity contribution in [2.45, 2.75) is 0 Å². The van der Waals surface area contributed by atoms with Gasteiger partial charge in [-0.1, -0.05) is 12.1 Å². The number of benzene rings is 2. The van der Waals surface area contributed by atoms with Gasteiger partial charge in [0.1, 0.15) is 5.75 Å². The lowest BCUT2D eigenvalue weighted by Crippen LogP contribution is -2.13. The van der Waals surface area contributed by atoms with Gasteiger partial charge in [-0.25, -0.2) is 9.97 Å². The van der Waals surface area contributed by atoms with Crippen LogP contribution in [0.25, 0.3) is 11.3 Å². The van der Waals surface area contributed by atoms with Gasteiger partial charge in [0.25, 0.3) is 5.91 Å². The van der Waals surface area contributed by atoms with Crippen molar-refractivity contribution in [1.29, 1.82) is 0 Å². The molecule has 0 unspecified atom stereocenters. The van der Waals surface area contributed by atoms with Crippen LogP contribution in [0.2, 0.25) is 0 Å². The molecule has 2 heterocycles. The van der Waals surface area contributed by atoms with E-state index in [2.05, 4.69) is 25.6 Å². The molecule has 0 aliphatic rings. The zero-order valence-corrected chi connectivity index (χ0v) is 16.2. The molecule has 7 nitrogen and oxygen atoms in total. The van der Waals surface area contributed by atoms with Crippen molar-refractivity contribution in [3.05, 3.63) is 90.9 Å². The normalized spacial score (nSPS) is 10.3. The van der Waals surface area contributed by atoms with Crippen molar-refractivity contribution in [2.24, 2.45) is 0 Å². The quantitative estimate of drug-likeness (QED) is 0.496. The van der Waals surface area contributed by atoms with E-state index in [9.17, 15) is 4.79 Å². The minimum Gasteiger partial charge on any atom is -0.496 e. The van der Waals surface area contributed by atoms with E-state index in [1.54, 1.807) is 48.9 Å². The van der Waals surface area contributed by atoms with Crippen LogP contribution < -0.4 is 15.4 Å². The number of aromatic nitrogens is 3. The average Bonchev–Trinajstić information content (AvgIpc) is 2.81. The smallest absolute Gasteiger partial charge is 0.259 e. The molecule has 148 valence electrons. The second-order valence-electron chi connectivity index (χ2n) is 6.36. The van der Waals surface area contributed by atoms with Crippen molar-refractivity contribution in [1.82, 2.24) is 15.0 Å². The number of methoxy groups -OCH3 is 1. The molecule has 0 spiro atoms. The predicted molar refractivity (Wildman–Crippen MR) is 116 cm³/mol. The van der Waals surface area contributed by atoms with Crippen LogP contribution in [-0.2, 0) is 0 Å². The van der Waals surface area contributed by atoms with Crippen molar-refractivity contribution in [3.8, 4) is 17.0 Å². The van der Waals surface area contributed by atoms with E-state index in [0.29, 0.717) is 22.9 Å². The third kappa shape index (κ3) is 4.41. The van der Waals surface area contributed by atoms with Crippen LogP contribution >= 0.6 is 0 Å². The summed E-state index contributed by atoms with van der Waals surface area (Å²) in [6, 6.07) is 20.0. The number of carbonyl (C=O) groups is 1. The lowest BCUT2D eigenvalue weighted by atomic mass is 10.2. The summed E-state index contributed by atoms with van der Waals surface area (Å²) in [6.45, 7) is 0. The van der Waals surface area contributed by atoms with E-state index in [-0.39, 0.29) is 5.91 Å². The van der Waals surface area contributed by atoms with Gasteiger partial charge < -0.3 is 15.4 Å². The molecular formula is C23H19N5O2. The van der Waals surface area contributed by atoms with Gasteiger partial charge in [-0.05, 0) is 54.6 Å². The van der Waals surface area contributed by atoms with E-state index < -0.39 is 0 Å². The van der Waals surface area contributed by atoms with Gasteiger partial charge >= 0.3 is 0 Å². The van der Waals surface area contributed by atoms with Crippen molar-refractivity contribution < 1.29 is 9.53 Å². The Balaban J connectivity index is 1.45. The highest BCUT2D eigenvalue weighted by Crippen LogP contribution is 2.22. The van der Waals surface area contributed by atoms with Crippen LogP contribution in [-0.4, -0.2) is 28.0 Å².